The van der Waals surface area contributed by atoms with Crippen LogP contribution in [0.4, 0.5) is 5.69 Å². The molecule has 7 rings (SSSR count). The number of fused-ring (bicyclic) bond motifs is 5. The van der Waals surface area contributed by atoms with Crippen LogP contribution in [0.2, 0.25) is 0 Å². The number of para-hydroxylation sites is 1. The fourth-order valence-electron chi connectivity index (χ4n) is 9.69. The zero-order valence-electron chi connectivity index (χ0n) is 22.5. The van der Waals surface area contributed by atoms with Crippen LogP contribution < -0.4 is 5.01 Å². The van der Waals surface area contributed by atoms with Gasteiger partial charge < -0.3 is 5.11 Å². The first-order valence-corrected chi connectivity index (χ1v) is 14.8. The summed E-state index contributed by atoms with van der Waals surface area (Å²) < 4.78 is 0. The van der Waals surface area contributed by atoms with E-state index in [1.807, 2.05) is 0 Å². The summed E-state index contributed by atoms with van der Waals surface area (Å²) in [6.45, 7) is 5.17. The SMILES string of the molecule is C[C@]12CC[C@H]3[C@@H](CC=C4C[C@@H](O)CC[C@@]43C)[C@@H]1CC[C@@H]2C1=NN(c2ccccc2)C(c2ccccc2)C1. The molecule has 0 radical (unpaired) electrons. The van der Waals surface area contributed by atoms with Gasteiger partial charge in [-0.1, -0.05) is 74.0 Å². The van der Waals surface area contributed by atoms with Gasteiger partial charge in [-0.05, 0) is 97.6 Å². The molecule has 1 aliphatic heterocycles. The Balaban J connectivity index is 1.19. The second-order valence-corrected chi connectivity index (χ2v) is 13.2. The van der Waals surface area contributed by atoms with Crippen molar-refractivity contribution >= 4 is 11.4 Å². The molecule has 0 amide bonds. The van der Waals surface area contributed by atoms with Gasteiger partial charge in [-0.3, -0.25) is 5.01 Å². The molecule has 1 unspecified atom stereocenters. The Hall–Kier alpha value is -2.39. The fourth-order valence-corrected chi connectivity index (χ4v) is 9.69. The summed E-state index contributed by atoms with van der Waals surface area (Å²) in [7, 11) is 0. The molecule has 8 atom stereocenters. The molecule has 0 aromatic heterocycles. The predicted octanol–water partition coefficient (Wildman–Crippen LogP) is 7.93. The lowest BCUT2D eigenvalue weighted by Gasteiger charge is -2.58. The Morgan fingerprint density at radius 1 is 0.838 bits per heavy atom. The zero-order chi connectivity index (χ0) is 25.2. The number of aliphatic hydroxyl groups excluding tert-OH is 1. The third-order valence-corrected chi connectivity index (χ3v) is 11.6. The first-order chi connectivity index (χ1) is 18.0. The van der Waals surface area contributed by atoms with Gasteiger partial charge in [0.15, 0.2) is 0 Å². The van der Waals surface area contributed by atoms with Crippen LogP contribution >= 0.6 is 0 Å². The fraction of sp³-hybridized carbons (Fsp3) is 0.559. The van der Waals surface area contributed by atoms with E-state index >= 15 is 0 Å². The van der Waals surface area contributed by atoms with Crippen molar-refractivity contribution in [1.29, 1.82) is 0 Å². The van der Waals surface area contributed by atoms with Gasteiger partial charge in [-0.25, -0.2) is 0 Å². The van der Waals surface area contributed by atoms with Crippen molar-refractivity contribution in [3.8, 4) is 0 Å². The number of hydrogen-bond donors (Lipinski definition) is 1. The van der Waals surface area contributed by atoms with Crippen LogP contribution in [0.15, 0.2) is 77.4 Å². The summed E-state index contributed by atoms with van der Waals surface area (Å²) >= 11 is 0. The number of nitrogens with zero attached hydrogens (tertiary/aromatic N) is 2. The van der Waals surface area contributed by atoms with E-state index in [9.17, 15) is 5.11 Å². The lowest BCUT2D eigenvalue weighted by atomic mass is 9.47. The van der Waals surface area contributed by atoms with E-state index in [1.54, 1.807) is 5.57 Å². The first kappa shape index (κ1) is 23.7. The lowest BCUT2D eigenvalue weighted by molar-refractivity contribution is -0.0424. The molecule has 3 fully saturated rings. The Kier molecular flexibility index (Phi) is 5.66. The predicted molar refractivity (Wildman–Crippen MR) is 151 cm³/mol. The standard InChI is InChI=1S/C34H42N2O/c1-33-19-17-26(37)21-24(33)13-14-27-28-15-16-30(34(28,2)20-18-29(27)33)31-22-32(23-9-5-3-6-10-23)36(35-31)25-11-7-4-8-12-25/h3-13,26-30,32,37H,14-22H2,1-2H3/t26-,27-,28-,29-,30+,32?,33-,34-/m0/s1. The molecule has 3 saturated carbocycles. The highest BCUT2D eigenvalue weighted by molar-refractivity contribution is 5.92. The second-order valence-electron chi connectivity index (χ2n) is 13.2. The van der Waals surface area contributed by atoms with Crippen molar-refractivity contribution in [2.75, 3.05) is 5.01 Å². The average molecular weight is 495 g/mol. The van der Waals surface area contributed by atoms with E-state index in [0.29, 0.717) is 16.7 Å². The molecule has 194 valence electrons. The maximum absolute atomic E-state index is 10.4. The van der Waals surface area contributed by atoms with E-state index in [0.717, 1.165) is 37.0 Å². The van der Waals surface area contributed by atoms with E-state index in [2.05, 4.69) is 85.6 Å². The molecule has 0 saturated heterocycles. The number of allylic oxidation sites excluding steroid dienone is 1. The number of rotatable bonds is 3. The minimum atomic E-state index is -0.119. The Morgan fingerprint density at radius 3 is 2.38 bits per heavy atom. The molecule has 37 heavy (non-hydrogen) atoms. The summed E-state index contributed by atoms with van der Waals surface area (Å²) in [5.74, 6) is 2.97. The van der Waals surface area contributed by atoms with E-state index < -0.39 is 0 Å². The maximum Gasteiger partial charge on any atom is 0.0828 e. The molecule has 1 N–H and O–H groups in total. The molecular weight excluding hydrogens is 452 g/mol. The van der Waals surface area contributed by atoms with Crippen molar-refractivity contribution < 1.29 is 5.11 Å². The van der Waals surface area contributed by atoms with Crippen molar-refractivity contribution in [3.05, 3.63) is 77.9 Å². The molecule has 2 aromatic carbocycles. The van der Waals surface area contributed by atoms with Gasteiger partial charge in [0.05, 0.1) is 17.8 Å². The largest absolute Gasteiger partial charge is 0.393 e. The van der Waals surface area contributed by atoms with Gasteiger partial charge in [-0.2, -0.15) is 5.10 Å². The zero-order valence-corrected chi connectivity index (χ0v) is 22.5. The third-order valence-electron chi connectivity index (χ3n) is 11.6. The average Bonchev–Trinajstić information content (AvgIpc) is 3.51. The minimum Gasteiger partial charge on any atom is -0.393 e. The van der Waals surface area contributed by atoms with Gasteiger partial charge in [0.25, 0.3) is 0 Å². The number of anilines is 1. The molecule has 5 aliphatic rings. The third kappa shape index (κ3) is 3.67. The highest BCUT2D eigenvalue weighted by Gasteiger charge is 2.59. The van der Waals surface area contributed by atoms with Gasteiger partial charge in [0.2, 0.25) is 0 Å². The van der Waals surface area contributed by atoms with Crippen LogP contribution in [0, 0.1) is 34.5 Å². The first-order valence-electron chi connectivity index (χ1n) is 14.8. The van der Waals surface area contributed by atoms with Crippen LogP contribution in [-0.4, -0.2) is 16.9 Å². The number of aliphatic hydroxyl groups is 1. The lowest BCUT2D eigenvalue weighted by Crippen LogP contribution is -2.51. The Bertz CT molecular complexity index is 1200. The van der Waals surface area contributed by atoms with Crippen LogP contribution in [0.25, 0.3) is 0 Å². The second kappa shape index (κ2) is 8.83. The monoisotopic (exact) mass is 494 g/mol. The highest BCUT2D eigenvalue weighted by Crippen LogP contribution is 2.66. The molecule has 0 bridgehead atoms. The van der Waals surface area contributed by atoms with Crippen LogP contribution in [0.5, 0.6) is 0 Å². The number of benzene rings is 2. The van der Waals surface area contributed by atoms with Crippen molar-refractivity contribution in [1.82, 2.24) is 0 Å². The van der Waals surface area contributed by atoms with Crippen LogP contribution in [0.1, 0.15) is 83.2 Å². The summed E-state index contributed by atoms with van der Waals surface area (Å²) in [6.07, 6.45) is 13.1. The number of hydrogen-bond acceptors (Lipinski definition) is 3. The van der Waals surface area contributed by atoms with E-state index in [4.69, 9.17) is 5.10 Å². The Labute approximate surface area is 222 Å². The summed E-state index contributed by atoms with van der Waals surface area (Å²) in [5, 5.41) is 18.1. The van der Waals surface area contributed by atoms with Crippen LogP contribution in [0.3, 0.4) is 0 Å². The van der Waals surface area contributed by atoms with Crippen molar-refractivity contribution in [2.45, 2.75) is 83.8 Å². The molecule has 3 nitrogen and oxygen atoms in total. The highest BCUT2D eigenvalue weighted by atomic mass is 16.3. The van der Waals surface area contributed by atoms with Gasteiger partial charge in [0.1, 0.15) is 0 Å². The molecule has 3 heteroatoms. The Morgan fingerprint density at radius 2 is 1.59 bits per heavy atom. The molecule has 2 aromatic rings. The molecule has 1 heterocycles. The van der Waals surface area contributed by atoms with Crippen LogP contribution in [-0.2, 0) is 0 Å². The van der Waals surface area contributed by atoms with E-state index in [-0.39, 0.29) is 12.1 Å². The van der Waals surface area contributed by atoms with Crippen molar-refractivity contribution in [3.63, 3.8) is 0 Å². The molecule has 4 aliphatic carbocycles. The van der Waals surface area contributed by atoms with Gasteiger partial charge in [0, 0.05) is 18.1 Å². The van der Waals surface area contributed by atoms with Gasteiger partial charge in [-0.15, -0.1) is 0 Å². The number of hydrazone groups is 1. The summed E-state index contributed by atoms with van der Waals surface area (Å²) in [6, 6.07) is 22.1. The molecule has 0 spiro atoms. The van der Waals surface area contributed by atoms with Gasteiger partial charge >= 0.3 is 0 Å². The topological polar surface area (TPSA) is 35.8 Å². The minimum absolute atomic E-state index is 0.119. The quantitative estimate of drug-likeness (QED) is 0.440. The molecular formula is C34H42N2O. The maximum atomic E-state index is 10.4. The van der Waals surface area contributed by atoms with Crippen molar-refractivity contribution in [2.24, 2.45) is 39.6 Å². The summed E-state index contributed by atoms with van der Waals surface area (Å²) in [4.78, 5) is 0. The van der Waals surface area contributed by atoms with E-state index in [1.165, 1.54) is 55.5 Å². The smallest absolute Gasteiger partial charge is 0.0828 e. The normalized spacial score (nSPS) is 40.9. The summed E-state index contributed by atoms with van der Waals surface area (Å²) in [5.41, 5.74) is 6.26.